The molecule has 1 fully saturated rings. The van der Waals surface area contributed by atoms with Gasteiger partial charge in [0.1, 0.15) is 0 Å². The Labute approximate surface area is 158 Å². The smallest absolute Gasteiger partial charge is 0.258 e. The third kappa shape index (κ3) is 3.65. The minimum Gasteiger partial charge on any atom is -0.424 e. The van der Waals surface area contributed by atoms with E-state index in [0.717, 1.165) is 42.5 Å². The Hall–Kier alpha value is -1.46. The minimum absolute atomic E-state index is 0.0886. The van der Waals surface area contributed by atoms with Crippen molar-refractivity contribution in [3.63, 3.8) is 0 Å². The summed E-state index contributed by atoms with van der Waals surface area (Å²) in [5.41, 5.74) is 12.3. The Kier molecular flexibility index (Phi) is 5.40. The van der Waals surface area contributed by atoms with E-state index in [2.05, 4.69) is 38.1 Å². The molecule has 2 aromatic rings. The zero-order valence-electron chi connectivity index (χ0n) is 16.0. The first-order valence-corrected chi connectivity index (χ1v) is 11.6. The number of nitrogens with two attached hydrogens (primary N) is 2. The van der Waals surface area contributed by atoms with Gasteiger partial charge in [0.05, 0.1) is 0 Å². The van der Waals surface area contributed by atoms with Crippen molar-refractivity contribution in [3.05, 3.63) is 60.7 Å². The van der Waals surface area contributed by atoms with Gasteiger partial charge >= 0.3 is 0 Å². The highest BCUT2D eigenvalue weighted by molar-refractivity contribution is 6.98. The molecular formula is C22H32N2OSi. The molecule has 0 aliphatic heterocycles. The lowest BCUT2D eigenvalue weighted by Gasteiger charge is -2.45. The molecule has 0 radical (unpaired) electrons. The molecule has 0 spiro atoms. The first-order chi connectivity index (χ1) is 12.3. The van der Waals surface area contributed by atoms with E-state index in [9.17, 15) is 4.80 Å². The predicted molar refractivity (Wildman–Crippen MR) is 112 cm³/mol. The van der Waals surface area contributed by atoms with Crippen LogP contribution in [0.15, 0.2) is 60.7 Å². The van der Waals surface area contributed by atoms with Gasteiger partial charge in [0.2, 0.25) is 0 Å². The van der Waals surface area contributed by atoms with Crippen molar-refractivity contribution in [2.24, 2.45) is 11.5 Å². The summed E-state index contributed by atoms with van der Waals surface area (Å²) in [6.07, 6.45) is 4.80. The van der Waals surface area contributed by atoms with Crippen LogP contribution < -0.4 is 21.8 Å². The van der Waals surface area contributed by atoms with Gasteiger partial charge in [-0.3, -0.25) is 0 Å². The number of hydrogen-bond acceptors (Lipinski definition) is 3. The summed E-state index contributed by atoms with van der Waals surface area (Å²) in [4.78, 5) is 12.1. The molecule has 140 valence electrons. The number of benzene rings is 2. The first kappa shape index (κ1) is 19.3. The van der Waals surface area contributed by atoms with Crippen LogP contribution in [0.3, 0.4) is 0 Å². The molecule has 0 atom stereocenters. The van der Waals surface area contributed by atoms with E-state index in [-0.39, 0.29) is 16.6 Å². The van der Waals surface area contributed by atoms with E-state index in [1.165, 1.54) is 0 Å². The zero-order valence-corrected chi connectivity index (χ0v) is 17.0. The molecular weight excluding hydrogens is 336 g/mol. The molecule has 26 heavy (non-hydrogen) atoms. The maximum absolute atomic E-state index is 12.1. The molecule has 3 rings (SSSR count). The average Bonchev–Trinajstić information content (AvgIpc) is 2.61. The Morgan fingerprint density at radius 1 is 1.00 bits per heavy atom. The van der Waals surface area contributed by atoms with Gasteiger partial charge in [-0.15, -0.1) is 0 Å². The second kappa shape index (κ2) is 7.28. The summed E-state index contributed by atoms with van der Waals surface area (Å²) < 4.78 is 0. The molecule has 1 saturated carbocycles. The Morgan fingerprint density at radius 2 is 1.46 bits per heavy atom. The highest BCUT2D eigenvalue weighted by Crippen LogP contribution is 2.42. The van der Waals surface area contributed by atoms with Gasteiger partial charge in [0.15, 0.2) is 0 Å². The summed E-state index contributed by atoms with van der Waals surface area (Å²) in [5, 5.41) is 1.95. The van der Waals surface area contributed by atoms with Crippen LogP contribution in [0.25, 0.3) is 0 Å². The van der Waals surface area contributed by atoms with Gasteiger partial charge in [-0.2, -0.15) is 0 Å². The fourth-order valence-electron chi connectivity index (χ4n) is 4.56. The van der Waals surface area contributed by atoms with Crippen LogP contribution in [0.1, 0.15) is 46.0 Å². The van der Waals surface area contributed by atoms with Gasteiger partial charge in [-0.05, 0) is 41.1 Å². The van der Waals surface area contributed by atoms with E-state index in [0.29, 0.717) is 0 Å². The highest BCUT2D eigenvalue weighted by Gasteiger charge is 2.50. The molecule has 0 saturated heterocycles. The number of hydrogen-bond donors (Lipinski definition) is 3. The fraction of sp³-hybridized carbons (Fsp3) is 0.455. The molecule has 0 amide bonds. The lowest BCUT2D eigenvalue weighted by molar-refractivity contribution is 0.187. The monoisotopic (exact) mass is 368 g/mol. The van der Waals surface area contributed by atoms with E-state index >= 15 is 0 Å². The van der Waals surface area contributed by atoms with Crippen LogP contribution in [-0.2, 0) is 0 Å². The SMILES string of the molecule is CC(C)(CCCC1(N)CC(N)C1)[Si](O)(c1ccccc1)c1ccccc1. The third-order valence-electron chi connectivity index (χ3n) is 6.18. The van der Waals surface area contributed by atoms with E-state index in [1.807, 2.05) is 36.4 Å². The Bertz CT molecular complexity index is 672. The van der Waals surface area contributed by atoms with Gasteiger partial charge in [0, 0.05) is 11.6 Å². The van der Waals surface area contributed by atoms with E-state index < -0.39 is 8.32 Å². The van der Waals surface area contributed by atoms with Gasteiger partial charge in [-0.25, -0.2) is 0 Å². The third-order valence-corrected chi connectivity index (χ3v) is 10.7. The lowest BCUT2D eigenvalue weighted by atomic mass is 9.71. The standard InChI is InChI=1S/C22H32N2OSi/c1-21(2,14-9-15-22(24)16-18(23)17-22)26(25,19-10-5-3-6-11-19)20-12-7-4-8-13-20/h3-8,10-13,18,25H,9,14-17,23-24H2,1-2H3. The van der Waals surface area contributed by atoms with Gasteiger partial charge < -0.3 is 16.3 Å². The fourth-order valence-corrected chi connectivity index (χ4v) is 8.34. The topological polar surface area (TPSA) is 72.3 Å². The van der Waals surface area contributed by atoms with Crippen LogP contribution in [0.4, 0.5) is 0 Å². The average molecular weight is 369 g/mol. The molecule has 0 aromatic heterocycles. The first-order valence-electron chi connectivity index (χ1n) is 9.65. The van der Waals surface area contributed by atoms with Crippen LogP contribution in [-0.4, -0.2) is 24.7 Å². The van der Waals surface area contributed by atoms with Crippen molar-refractivity contribution < 1.29 is 4.80 Å². The second-order valence-electron chi connectivity index (χ2n) is 8.71. The van der Waals surface area contributed by atoms with Crippen molar-refractivity contribution in [3.8, 4) is 0 Å². The van der Waals surface area contributed by atoms with Crippen molar-refractivity contribution >= 4 is 18.7 Å². The lowest BCUT2D eigenvalue weighted by Crippen LogP contribution is -2.65. The summed E-state index contributed by atoms with van der Waals surface area (Å²) in [6, 6.07) is 20.7. The van der Waals surface area contributed by atoms with Gasteiger partial charge in [-0.1, -0.05) is 80.9 Å². The number of rotatable bonds is 7. The minimum atomic E-state index is -2.90. The van der Waals surface area contributed by atoms with E-state index in [1.54, 1.807) is 0 Å². The summed E-state index contributed by atoms with van der Waals surface area (Å²) >= 11 is 0. The Balaban J connectivity index is 1.84. The molecule has 0 unspecified atom stereocenters. The molecule has 4 heteroatoms. The zero-order chi connectivity index (χ0) is 18.8. The normalized spacial score (nSPS) is 23.5. The molecule has 0 bridgehead atoms. The van der Waals surface area contributed by atoms with Crippen LogP contribution in [0, 0.1) is 0 Å². The van der Waals surface area contributed by atoms with Crippen LogP contribution in [0.5, 0.6) is 0 Å². The van der Waals surface area contributed by atoms with Crippen molar-refractivity contribution in [1.82, 2.24) is 0 Å². The summed E-state index contributed by atoms with van der Waals surface area (Å²) in [5.74, 6) is 0. The molecule has 3 nitrogen and oxygen atoms in total. The van der Waals surface area contributed by atoms with Crippen molar-refractivity contribution in [2.45, 2.75) is 62.6 Å². The molecule has 1 aliphatic carbocycles. The highest BCUT2D eigenvalue weighted by atomic mass is 28.4. The summed E-state index contributed by atoms with van der Waals surface area (Å²) in [7, 11) is -2.90. The second-order valence-corrected chi connectivity index (χ2v) is 12.6. The predicted octanol–water partition coefficient (Wildman–Crippen LogP) is 2.51. The maximum Gasteiger partial charge on any atom is 0.258 e. The quantitative estimate of drug-likeness (QED) is 0.658. The molecule has 5 N–H and O–H groups in total. The van der Waals surface area contributed by atoms with Gasteiger partial charge in [0.25, 0.3) is 8.32 Å². The van der Waals surface area contributed by atoms with Crippen molar-refractivity contribution in [1.29, 1.82) is 0 Å². The van der Waals surface area contributed by atoms with Crippen molar-refractivity contribution in [2.75, 3.05) is 0 Å². The van der Waals surface area contributed by atoms with Crippen LogP contribution >= 0.6 is 0 Å². The molecule has 1 aliphatic rings. The maximum atomic E-state index is 12.1. The van der Waals surface area contributed by atoms with Crippen LogP contribution in [0.2, 0.25) is 5.04 Å². The largest absolute Gasteiger partial charge is 0.424 e. The summed E-state index contributed by atoms with van der Waals surface area (Å²) in [6.45, 7) is 4.43. The van der Waals surface area contributed by atoms with E-state index in [4.69, 9.17) is 11.5 Å². The molecule has 2 aromatic carbocycles. The molecule has 0 heterocycles. The Morgan fingerprint density at radius 3 is 1.88 bits per heavy atom.